The van der Waals surface area contributed by atoms with Crippen LogP contribution in [0.25, 0.3) is 11.0 Å². The molecule has 1 unspecified atom stereocenters. The van der Waals surface area contributed by atoms with Crippen LogP contribution in [0.1, 0.15) is 43.7 Å². The number of rotatable bonds is 10. The Morgan fingerprint density at radius 3 is 2.61 bits per heavy atom. The standard InChI is InChI=1S/C22H27FN4O/c23-18-12-10-17(11-13-18)20(26-22(28)9-3-1-2-6-14-24)15-27-16-25-19-7-4-5-8-21(19)27/h4-5,7-8,10-13,16,20H,1-3,6,9,14-15,24H2,(H,26,28). The van der Waals surface area contributed by atoms with E-state index in [0.29, 0.717) is 19.5 Å². The van der Waals surface area contributed by atoms with E-state index in [1.165, 1.54) is 12.1 Å². The molecular weight excluding hydrogens is 355 g/mol. The van der Waals surface area contributed by atoms with Gasteiger partial charge in [0, 0.05) is 13.0 Å². The smallest absolute Gasteiger partial charge is 0.220 e. The summed E-state index contributed by atoms with van der Waals surface area (Å²) in [6, 6.07) is 13.9. The molecule has 1 atom stereocenters. The number of halogens is 1. The zero-order valence-corrected chi connectivity index (χ0v) is 16.0. The number of aromatic nitrogens is 2. The molecule has 1 heterocycles. The van der Waals surface area contributed by atoms with Crippen LogP contribution in [0, 0.1) is 5.82 Å². The zero-order valence-electron chi connectivity index (χ0n) is 16.0. The monoisotopic (exact) mass is 382 g/mol. The van der Waals surface area contributed by atoms with Crippen LogP contribution in [-0.2, 0) is 11.3 Å². The highest BCUT2D eigenvalue weighted by molar-refractivity contribution is 5.77. The van der Waals surface area contributed by atoms with E-state index in [2.05, 4.69) is 10.3 Å². The summed E-state index contributed by atoms with van der Waals surface area (Å²) in [5.74, 6) is -0.284. The van der Waals surface area contributed by atoms with Crippen LogP contribution in [-0.4, -0.2) is 22.0 Å². The van der Waals surface area contributed by atoms with Crippen LogP contribution in [0.3, 0.4) is 0 Å². The maximum Gasteiger partial charge on any atom is 0.220 e. The second kappa shape index (κ2) is 9.99. The molecule has 0 saturated heterocycles. The highest BCUT2D eigenvalue weighted by Gasteiger charge is 2.16. The Bertz CT molecular complexity index is 891. The minimum atomic E-state index is -0.290. The summed E-state index contributed by atoms with van der Waals surface area (Å²) in [5.41, 5.74) is 8.29. The molecular formula is C22H27FN4O. The quantitative estimate of drug-likeness (QED) is 0.522. The van der Waals surface area contributed by atoms with E-state index in [-0.39, 0.29) is 17.8 Å². The molecule has 2 aromatic carbocycles. The van der Waals surface area contributed by atoms with Crippen LogP contribution < -0.4 is 11.1 Å². The van der Waals surface area contributed by atoms with E-state index >= 15 is 0 Å². The maximum absolute atomic E-state index is 13.4. The summed E-state index contributed by atoms with van der Waals surface area (Å²) in [6.45, 7) is 1.22. The van der Waals surface area contributed by atoms with Gasteiger partial charge in [-0.1, -0.05) is 37.1 Å². The fraction of sp³-hybridized carbons (Fsp3) is 0.364. The van der Waals surface area contributed by atoms with E-state index in [9.17, 15) is 9.18 Å². The number of hydrogen-bond donors (Lipinski definition) is 2. The fourth-order valence-corrected chi connectivity index (χ4v) is 3.33. The molecule has 3 N–H and O–H groups in total. The number of carbonyl (C=O) groups is 1. The third-order valence-electron chi connectivity index (χ3n) is 4.87. The molecule has 0 fully saturated rings. The lowest BCUT2D eigenvalue weighted by Gasteiger charge is -2.20. The summed E-state index contributed by atoms with van der Waals surface area (Å²) < 4.78 is 15.4. The lowest BCUT2D eigenvalue weighted by Crippen LogP contribution is -2.31. The zero-order chi connectivity index (χ0) is 19.8. The van der Waals surface area contributed by atoms with Crippen LogP contribution in [0.4, 0.5) is 4.39 Å². The molecule has 6 heteroatoms. The van der Waals surface area contributed by atoms with Crippen molar-refractivity contribution >= 4 is 16.9 Å². The van der Waals surface area contributed by atoms with E-state index in [1.807, 2.05) is 28.8 Å². The number of nitrogens with two attached hydrogens (primary N) is 1. The molecule has 0 aliphatic heterocycles. The molecule has 1 aromatic heterocycles. The third kappa shape index (κ3) is 5.39. The average molecular weight is 382 g/mol. The molecule has 5 nitrogen and oxygen atoms in total. The van der Waals surface area contributed by atoms with Gasteiger partial charge < -0.3 is 15.6 Å². The average Bonchev–Trinajstić information content (AvgIpc) is 3.11. The Morgan fingerprint density at radius 2 is 1.82 bits per heavy atom. The summed E-state index contributed by atoms with van der Waals surface area (Å²) in [4.78, 5) is 16.9. The molecule has 0 bridgehead atoms. The number of para-hydroxylation sites is 2. The summed E-state index contributed by atoms with van der Waals surface area (Å²) >= 11 is 0. The van der Waals surface area contributed by atoms with Crippen molar-refractivity contribution in [3.63, 3.8) is 0 Å². The first kappa shape index (κ1) is 20.0. The molecule has 3 aromatic rings. The highest BCUT2D eigenvalue weighted by atomic mass is 19.1. The maximum atomic E-state index is 13.4. The van der Waals surface area contributed by atoms with Crippen LogP contribution in [0.15, 0.2) is 54.9 Å². The number of hydrogen-bond acceptors (Lipinski definition) is 3. The topological polar surface area (TPSA) is 72.9 Å². The van der Waals surface area contributed by atoms with Gasteiger partial charge >= 0.3 is 0 Å². The normalized spacial score (nSPS) is 12.2. The highest BCUT2D eigenvalue weighted by Crippen LogP contribution is 2.20. The predicted molar refractivity (Wildman–Crippen MR) is 109 cm³/mol. The second-order valence-corrected chi connectivity index (χ2v) is 7.01. The molecule has 0 radical (unpaired) electrons. The van der Waals surface area contributed by atoms with Gasteiger partial charge in [-0.15, -0.1) is 0 Å². The Kier molecular flexibility index (Phi) is 7.14. The van der Waals surface area contributed by atoms with Gasteiger partial charge in [-0.3, -0.25) is 4.79 Å². The van der Waals surface area contributed by atoms with Gasteiger partial charge in [0.25, 0.3) is 0 Å². The van der Waals surface area contributed by atoms with Crippen molar-refractivity contribution in [3.8, 4) is 0 Å². The molecule has 0 aliphatic rings. The first-order chi connectivity index (χ1) is 13.7. The van der Waals surface area contributed by atoms with E-state index in [1.54, 1.807) is 18.5 Å². The predicted octanol–water partition coefficient (Wildman–Crippen LogP) is 3.94. The van der Waals surface area contributed by atoms with E-state index in [0.717, 1.165) is 42.3 Å². The molecule has 3 rings (SSSR count). The SMILES string of the molecule is NCCCCCCC(=O)NC(Cn1cnc2ccccc21)c1ccc(F)cc1. The fourth-order valence-electron chi connectivity index (χ4n) is 3.33. The Balaban J connectivity index is 1.70. The molecule has 1 amide bonds. The number of amides is 1. The summed E-state index contributed by atoms with van der Waals surface area (Å²) in [7, 11) is 0. The van der Waals surface area contributed by atoms with Crippen molar-refractivity contribution in [2.45, 2.75) is 44.7 Å². The Morgan fingerprint density at radius 1 is 1.07 bits per heavy atom. The van der Waals surface area contributed by atoms with E-state index < -0.39 is 0 Å². The van der Waals surface area contributed by atoms with Crippen LogP contribution in [0.2, 0.25) is 0 Å². The number of imidazole rings is 1. The molecule has 0 aliphatic carbocycles. The lowest BCUT2D eigenvalue weighted by molar-refractivity contribution is -0.122. The number of nitrogens with one attached hydrogen (secondary N) is 1. The van der Waals surface area contributed by atoms with Crippen molar-refractivity contribution in [2.24, 2.45) is 5.73 Å². The van der Waals surface area contributed by atoms with Crippen molar-refractivity contribution in [1.82, 2.24) is 14.9 Å². The minimum Gasteiger partial charge on any atom is -0.347 e. The van der Waals surface area contributed by atoms with Gasteiger partial charge in [-0.05, 0) is 49.2 Å². The van der Waals surface area contributed by atoms with Crippen molar-refractivity contribution in [1.29, 1.82) is 0 Å². The minimum absolute atomic E-state index is 0.00601. The van der Waals surface area contributed by atoms with Gasteiger partial charge in [0.1, 0.15) is 5.82 Å². The van der Waals surface area contributed by atoms with E-state index in [4.69, 9.17) is 5.73 Å². The lowest BCUT2D eigenvalue weighted by atomic mass is 10.1. The first-order valence-electron chi connectivity index (χ1n) is 9.82. The number of nitrogens with zero attached hydrogens (tertiary/aromatic N) is 2. The van der Waals surface area contributed by atoms with Gasteiger partial charge in [-0.2, -0.15) is 0 Å². The third-order valence-corrected chi connectivity index (χ3v) is 4.87. The van der Waals surface area contributed by atoms with Crippen molar-refractivity contribution < 1.29 is 9.18 Å². The van der Waals surface area contributed by atoms with Gasteiger partial charge in [-0.25, -0.2) is 9.37 Å². The van der Waals surface area contributed by atoms with Crippen LogP contribution >= 0.6 is 0 Å². The summed E-state index contributed by atoms with van der Waals surface area (Å²) in [5, 5.41) is 3.11. The Hall–Kier alpha value is -2.73. The number of carbonyl (C=O) groups excluding carboxylic acids is 1. The molecule has 28 heavy (non-hydrogen) atoms. The number of benzene rings is 2. The molecule has 0 spiro atoms. The summed E-state index contributed by atoms with van der Waals surface area (Å²) in [6.07, 6.45) is 6.14. The largest absolute Gasteiger partial charge is 0.347 e. The molecule has 148 valence electrons. The molecule has 0 saturated carbocycles. The van der Waals surface area contributed by atoms with Crippen LogP contribution in [0.5, 0.6) is 0 Å². The number of unbranched alkanes of at least 4 members (excludes halogenated alkanes) is 3. The first-order valence-corrected chi connectivity index (χ1v) is 9.82. The van der Waals surface area contributed by atoms with Crippen molar-refractivity contribution in [2.75, 3.05) is 6.54 Å². The van der Waals surface area contributed by atoms with Gasteiger partial charge in [0.15, 0.2) is 0 Å². The van der Waals surface area contributed by atoms with Gasteiger partial charge in [0.2, 0.25) is 5.91 Å². The second-order valence-electron chi connectivity index (χ2n) is 7.01. The Labute approximate surface area is 164 Å². The van der Waals surface area contributed by atoms with Gasteiger partial charge in [0.05, 0.1) is 23.4 Å². The van der Waals surface area contributed by atoms with Crippen molar-refractivity contribution in [3.05, 3.63) is 66.2 Å². The number of fused-ring (bicyclic) bond motifs is 1.